The molecule has 3 heterocycles. The van der Waals surface area contributed by atoms with Crippen molar-refractivity contribution in [3.63, 3.8) is 0 Å². The molecule has 26 heavy (non-hydrogen) atoms. The summed E-state index contributed by atoms with van der Waals surface area (Å²) in [6, 6.07) is 10.6. The summed E-state index contributed by atoms with van der Waals surface area (Å²) in [5, 5.41) is 5.47. The van der Waals surface area contributed by atoms with E-state index in [4.69, 9.17) is 4.74 Å². The van der Waals surface area contributed by atoms with Crippen LogP contribution in [0.15, 0.2) is 48.0 Å². The highest BCUT2D eigenvalue weighted by atomic mass is 16.5. The maximum Gasteiger partial charge on any atom is 0.151 e. The Morgan fingerprint density at radius 1 is 1.23 bits per heavy atom. The molecule has 2 unspecified atom stereocenters. The Morgan fingerprint density at radius 2 is 2.04 bits per heavy atom. The van der Waals surface area contributed by atoms with Crippen molar-refractivity contribution in [3.8, 4) is 0 Å². The van der Waals surface area contributed by atoms with Gasteiger partial charge in [0.2, 0.25) is 0 Å². The molecule has 0 radical (unpaired) electrons. The van der Waals surface area contributed by atoms with Crippen LogP contribution in [-0.4, -0.2) is 46.5 Å². The average molecular weight is 350 g/mol. The van der Waals surface area contributed by atoms with E-state index in [-0.39, 0.29) is 12.1 Å². The highest BCUT2D eigenvalue weighted by molar-refractivity contribution is 5.99. The molecule has 2 N–H and O–H groups in total. The van der Waals surface area contributed by atoms with E-state index < -0.39 is 0 Å². The van der Waals surface area contributed by atoms with Crippen LogP contribution < -0.4 is 10.3 Å². The molecule has 0 aliphatic carbocycles. The number of fused-ring (bicyclic) bond motifs is 1. The number of hydrogen-bond donors (Lipinski definition) is 2. The summed E-state index contributed by atoms with van der Waals surface area (Å²) in [4.78, 5) is 14.2. The van der Waals surface area contributed by atoms with Crippen LogP contribution in [0.1, 0.15) is 19.4 Å². The van der Waals surface area contributed by atoms with Crippen LogP contribution in [0.25, 0.3) is 10.9 Å². The zero-order valence-electron chi connectivity index (χ0n) is 14.9. The summed E-state index contributed by atoms with van der Waals surface area (Å²) in [5.74, 6) is 1.55. The lowest BCUT2D eigenvalue weighted by atomic mass is 10.2. The van der Waals surface area contributed by atoms with Gasteiger partial charge in [-0.05, 0) is 19.9 Å². The van der Waals surface area contributed by atoms with Crippen LogP contribution in [0.2, 0.25) is 0 Å². The number of para-hydroxylation sites is 1. The van der Waals surface area contributed by atoms with Gasteiger partial charge in [0.15, 0.2) is 5.82 Å². The minimum atomic E-state index is 0.274. The number of H-pyrrole nitrogens is 1. The monoisotopic (exact) mass is 350 g/mol. The first-order valence-electron chi connectivity index (χ1n) is 8.75. The van der Waals surface area contributed by atoms with E-state index in [0.29, 0.717) is 19.0 Å². The maximum atomic E-state index is 5.59. The number of ether oxygens (including phenoxy) is 1. The smallest absolute Gasteiger partial charge is 0.151 e. The average Bonchev–Trinajstić information content (AvgIpc) is 3.05. The second-order valence-electron chi connectivity index (χ2n) is 6.56. The molecule has 0 amide bonds. The van der Waals surface area contributed by atoms with E-state index in [9.17, 15) is 0 Å². The number of morpholine rings is 1. The van der Waals surface area contributed by atoms with E-state index in [1.165, 1.54) is 0 Å². The van der Waals surface area contributed by atoms with Crippen LogP contribution in [0.3, 0.4) is 0 Å². The maximum absolute atomic E-state index is 5.59. The molecule has 1 fully saturated rings. The van der Waals surface area contributed by atoms with Gasteiger partial charge in [-0.1, -0.05) is 18.2 Å². The van der Waals surface area contributed by atoms with E-state index in [1.807, 2.05) is 30.5 Å². The molecule has 0 saturated carbocycles. The fraction of sp³-hybridized carbons (Fsp3) is 0.316. The predicted octanol–water partition coefficient (Wildman–Crippen LogP) is 3.02. The van der Waals surface area contributed by atoms with Crippen molar-refractivity contribution >= 4 is 28.8 Å². The van der Waals surface area contributed by atoms with E-state index in [2.05, 4.69) is 50.3 Å². The van der Waals surface area contributed by atoms with Crippen molar-refractivity contribution in [3.05, 3.63) is 48.4 Å². The molecule has 1 saturated heterocycles. The first kappa shape index (κ1) is 16.5. The molecule has 1 aromatic carbocycles. The number of benzene rings is 1. The number of aromatic amines is 1. The van der Waals surface area contributed by atoms with Crippen LogP contribution in [-0.2, 0) is 4.74 Å². The Labute approximate surface area is 152 Å². The standard InChI is InChI=1S/C19H22N6O/c1-13-10-26-11-14(2)25(13)19-7-18(21-12-22-19)24-23-9-15-8-20-17-6-4-3-5-16(15)17/h3-9,12-14,20H,10-11H2,1-2H3,(H,21,22,24)/b23-9+. The lowest BCUT2D eigenvalue weighted by molar-refractivity contribution is 0.0752. The summed E-state index contributed by atoms with van der Waals surface area (Å²) in [5.41, 5.74) is 5.12. The Hall–Kier alpha value is -2.93. The fourth-order valence-corrected chi connectivity index (χ4v) is 3.37. The highest BCUT2D eigenvalue weighted by Gasteiger charge is 2.26. The normalized spacial score (nSPS) is 20.8. The SMILES string of the molecule is CC1COCC(C)N1c1cc(N/N=C/c2c[nH]c3ccccc23)ncn1. The first-order chi connectivity index (χ1) is 12.7. The molecule has 7 nitrogen and oxygen atoms in total. The van der Waals surface area contributed by atoms with Gasteiger partial charge in [0.05, 0.1) is 31.5 Å². The topological polar surface area (TPSA) is 78.4 Å². The zero-order chi connectivity index (χ0) is 17.9. The van der Waals surface area contributed by atoms with Gasteiger partial charge in [-0.3, -0.25) is 5.43 Å². The number of rotatable bonds is 4. The second kappa shape index (κ2) is 7.13. The van der Waals surface area contributed by atoms with Crippen molar-refractivity contribution in [2.24, 2.45) is 5.10 Å². The van der Waals surface area contributed by atoms with Gasteiger partial charge < -0.3 is 14.6 Å². The molecule has 0 bridgehead atoms. The summed E-state index contributed by atoms with van der Waals surface area (Å²) in [7, 11) is 0. The first-order valence-corrected chi connectivity index (χ1v) is 8.75. The molecule has 4 rings (SSSR count). The lowest BCUT2D eigenvalue weighted by Crippen LogP contribution is -2.50. The Bertz CT molecular complexity index is 911. The van der Waals surface area contributed by atoms with Crippen LogP contribution >= 0.6 is 0 Å². The molecular weight excluding hydrogens is 328 g/mol. The minimum Gasteiger partial charge on any atom is -0.377 e. The largest absolute Gasteiger partial charge is 0.377 e. The van der Waals surface area contributed by atoms with Gasteiger partial charge in [0.1, 0.15) is 12.1 Å². The predicted molar refractivity (Wildman–Crippen MR) is 104 cm³/mol. The summed E-state index contributed by atoms with van der Waals surface area (Å²) in [6.07, 6.45) is 5.30. The number of nitrogens with one attached hydrogen (secondary N) is 2. The Balaban J connectivity index is 1.50. The number of anilines is 2. The van der Waals surface area contributed by atoms with Crippen molar-refractivity contribution in [2.75, 3.05) is 23.5 Å². The summed E-state index contributed by atoms with van der Waals surface area (Å²) < 4.78 is 5.59. The molecule has 3 aromatic rings. The molecule has 7 heteroatoms. The minimum absolute atomic E-state index is 0.274. The Morgan fingerprint density at radius 3 is 2.88 bits per heavy atom. The van der Waals surface area contributed by atoms with E-state index >= 15 is 0 Å². The number of hydrazone groups is 1. The molecule has 0 spiro atoms. The van der Waals surface area contributed by atoms with Crippen molar-refractivity contribution in [2.45, 2.75) is 25.9 Å². The number of nitrogens with zero attached hydrogens (tertiary/aromatic N) is 4. The van der Waals surface area contributed by atoms with Gasteiger partial charge in [-0.25, -0.2) is 9.97 Å². The lowest BCUT2D eigenvalue weighted by Gasteiger charge is -2.39. The highest BCUT2D eigenvalue weighted by Crippen LogP contribution is 2.23. The van der Waals surface area contributed by atoms with E-state index in [1.54, 1.807) is 12.5 Å². The fourth-order valence-electron chi connectivity index (χ4n) is 3.37. The third-order valence-electron chi connectivity index (χ3n) is 4.59. The molecule has 1 aliphatic heterocycles. The van der Waals surface area contributed by atoms with Gasteiger partial charge in [-0.15, -0.1) is 0 Å². The van der Waals surface area contributed by atoms with Crippen molar-refractivity contribution in [1.82, 2.24) is 15.0 Å². The third-order valence-corrected chi connectivity index (χ3v) is 4.59. The van der Waals surface area contributed by atoms with Crippen LogP contribution in [0, 0.1) is 0 Å². The van der Waals surface area contributed by atoms with Gasteiger partial charge in [0.25, 0.3) is 0 Å². The summed E-state index contributed by atoms with van der Waals surface area (Å²) in [6.45, 7) is 5.69. The van der Waals surface area contributed by atoms with E-state index in [0.717, 1.165) is 22.3 Å². The molecule has 2 aromatic heterocycles. The number of aromatic nitrogens is 3. The second-order valence-corrected chi connectivity index (χ2v) is 6.56. The van der Waals surface area contributed by atoms with Crippen molar-refractivity contribution < 1.29 is 4.74 Å². The van der Waals surface area contributed by atoms with Gasteiger partial charge in [0, 0.05) is 28.7 Å². The van der Waals surface area contributed by atoms with Gasteiger partial charge in [-0.2, -0.15) is 5.10 Å². The molecule has 1 aliphatic rings. The molecule has 2 atom stereocenters. The summed E-state index contributed by atoms with van der Waals surface area (Å²) >= 11 is 0. The molecule has 134 valence electrons. The van der Waals surface area contributed by atoms with Crippen LogP contribution in [0.4, 0.5) is 11.6 Å². The van der Waals surface area contributed by atoms with Gasteiger partial charge >= 0.3 is 0 Å². The Kier molecular flexibility index (Phi) is 4.53. The number of hydrogen-bond acceptors (Lipinski definition) is 6. The third kappa shape index (κ3) is 3.25. The molecular formula is C19H22N6O. The van der Waals surface area contributed by atoms with Crippen molar-refractivity contribution in [1.29, 1.82) is 0 Å². The quantitative estimate of drug-likeness (QED) is 0.559. The van der Waals surface area contributed by atoms with Crippen LogP contribution in [0.5, 0.6) is 0 Å². The zero-order valence-corrected chi connectivity index (χ0v) is 14.9.